The summed E-state index contributed by atoms with van der Waals surface area (Å²) in [6.45, 7) is 12.1. The van der Waals surface area contributed by atoms with E-state index in [0.717, 1.165) is 50.4 Å². The lowest BCUT2D eigenvalue weighted by atomic mass is 9.96. The Labute approximate surface area is 194 Å². The fourth-order valence-corrected chi connectivity index (χ4v) is 4.34. The Morgan fingerprint density at radius 2 is 1.86 bits per heavy atom. The van der Waals surface area contributed by atoms with Gasteiger partial charge in [-0.15, -0.1) is 24.0 Å². The quantitative estimate of drug-likeness (QED) is 0.351. The number of benzene rings is 1. The largest absolute Gasteiger partial charge is 0.497 e. The van der Waals surface area contributed by atoms with Gasteiger partial charge in [0.25, 0.3) is 0 Å². The van der Waals surface area contributed by atoms with Crippen LogP contribution in [0.4, 0.5) is 0 Å². The minimum Gasteiger partial charge on any atom is -0.497 e. The van der Waals surface area contributed by atoms with Gasteiger partial charge in [0.2, 0.25) is 0 Å². The molecule has 0 aliphatic carbocycles. The first kappa shape index (κ1) is 24.3. The van der Waals surface area contributed by atoms with Crippen LogP contribution in [0.15, 0.2) is 29.3 Å². The average Bonchev–Trinajstić information content (AvgIpc) is 2.73. The van der Waals surface area contributed by atoms with Crippen LogP contribution in [0.1, 0.15) is 45.1 Å². The third-order valence-corrected chi connectivity index (χ3v) is 6.06. The zero-order chi connectivity index (χ0) is 19.8. The van der Waals surface area contributed by atoms with E-state index >= 15 is 0 Å². The number of piperidine rings is 2. The maximum absolute atomic E-state index is 5.25. The van der Waals surface area contributed by atoms with Crippen LogP contribution in [0.5, 0.6) is 5.75 Å². The number of hydrogen-bond donors (Lipinski definition) is 1. The fourth-order valence-electron chi connectivity index (χ4n) is 4.34. The van der Waals surface area contributed by atoms with E-state index in [4.69, 9.17) is 9.73 Å². The monoisotopic (exact) mass is 514 g/mol. The van der Waals surface area contributed by atoms with Crippen molar-refractivity contribution >= 4 is 29.9 Å². The number of halogens is 1. The molecular formula is C23H39IN4O. The third kappa shape index (κ3) is 7.63. The predicted molar refractivity (Wildman–Crippen MR) is 132 cm³/mol. The highest BCUT2D eigenvalue weighted by Gasteiger charge is 2.22. The number of aliphatic imine (C=N–C) groups is 1. The summed E-state index contributed by atoms with van der Waals surface area (Å²) < 4.78 is 5.25. The van der Waals surface area contributed by atoms with Gasteiger partial charge in [0, 0.05) is 32.7 Å². The van der Waals surface area contributed by atoms with Crippen molar-refractivity contribution in [1.82, 2.24) is 15.1 Å². The van der Waals surface area contributed by atoms with Crippen molar-refractivity contribution in [3.8, 4) is 5.75 Å². The Hall–Kier alpha value is -1.02. The van der Waals surface area contributed by atoms with Crippen molar-refractivity contribution in [1.29, 1.82) is 0 Å². The Morgan fingerprint density at radius 1 is 1.14 bits per heavy atom. The van der Waals surface area contributed by atoms with E-state index in [1.54, 1.807) is 7.11 Å². The lowest BCUT2D eigenvalue weighted by Crippen LogP contribution is -2.46. The summed E-state index contributed by atoms with van der Waals surface area (Å²) in [6, 6.07) is 8.47. The van der Waals surface area contributed by atoms with Crippen molar-refractivity contribution < 1.29 is 4.74 Å². The molecule has 0 radical (unpaired) electrons. The molecule has 2 heterocycles. The summed E-state index contributed by atoms with van der Waals surface area (Å²) in [5.41, 5.74) is 1.37. The van der Waals surface area contributed by atoms with Gasteiger partial charge in [-0.05, 0) is 75.2 Å². The summed E-state index contributed by atoms with van der Waals surface area (Å²) in [6.07, 6.45) is 5.13. The van der Waals surface area contributed by atoms with E-state index in [0.29, 0.717) is 5.92 Å². The molecule has 0 amide bonds. The number of methoxy groups -OCH3 is 1. The van der Waals surface area contributed by atoms with E-state index in [9.17, 15) is 0 Å². The molecule has 3 rings (SSSR count). The summed E-state index contributed by atoms with van der Waals surface area (Å²) in [5, 5.41) is 3.52. The van der Waals surface area contributed by atoms with Crippen molar-refractivity contribution in [2.75, 3.05) is 46.4 Å². The molecule has 1 aromatic rings. The van der Waals surface area contributed by atoms with Crippen LogP contribution in [-0.2, 0) is 6.54 Å². The lowest BCUT2D eigenvalue weighted by Gasteiger charge is -2.34. The molecule has 0 spiro atoms. The zero-order valence-corrected chi connectivity index (χ0v) is 20.7. The molecule has 2 aliphatic heterocycles. The number of guanidine groups is 1. The van der Waals surface area contributed by atoms with Gasteiger partial charge < -0.3 is 15.0 Å². The highest BCUT2D eigenvalue weighted by molar-refractivity contribution is 14.0. The highest BCUT2D eigenvalue weighted by Crippen LogP contribution is 2.21. The number of nitrogens with zero attached hydrogens (tertiary/aromatic N) is 3. The van der Waals surface area contributed by atoms with Crippen LogP contribution in [0, 0.1) is 11.8 Å². The highest BCUT2D eigenvalue weighted by atomic mass is 127. The van der Waals surface area contributed by atoms with Crippen LogP contribution in [0.2, 0.25) is 0 Å². The van der Waals surface area contributed by atoms with Crippen LogP contribution < -0.4 is 10.1 Å². The maximum Gasteiger partial charge on any atom is 0.193 e. The molecule has 1 atom stereocenters. The first-order valence-corrected chi connectivity index (χ1v) is 11.1. The second kappa shape index (κ2) is 12.6. The molecule has 1 N–H and O–H groups in total. The Morgan fingerprint density at radius 3 is 2.48 bits per heavy atom. The molecule has 2 fully saturated rings. The lowest BCUT2D eigenvalue weighted by molar-refractivity contribution is 0.180. The molecule has 29 heavy (non-hydrogen) atoms. The molecule has 0 bridgehead atoms. The van der Waals surface area contributed by atoms with Gasteiger partial charge in [-0.25, -0.2) is 0 Å². The summed E-state index contributed by atoms with van der Waals surface area (Å²) in [4.78, 5) is 10.1. The molecular weight excluding hydrogens is 475 g/mol. The zero-order valence-electron chi connectivity index (χ0n) is 18.4. The van der Waals surface area contributed by atoms with Crippen LogP contribution in [0.25, 0.3) is 0 Å². The number of nitrogens with one attached hydrogen (secondary N) is 1. The first-order valence-electron chi connectivity index (χ1n) is 11.1. The second-order valence-electron chi connectivity index (χ2n) is 8.46. The molecule has 0 aromatic heterocycles. The number of hydrogen-bond acceptors (Lipinski definition) is 3. The van der Waals surface area contributed by atoms with Gasteiger partial charge in [0.15, 0.2) is 5.96 Å². The van der Waals surface area contributed by atoms with Crippen molar-refractivity contribution in [2.24, 2.45) is 16.8 Å². The second-order valence-corrected chi connectivity index (χ2v) is 8.46. The van der Waals surface area contributed by atoms with E-state index < -0.39 is 0 Å². The third-order valence-electron chi connectivity index (χ3n) is 6.06. The molecule has 1 aromatic carbocycles. The topological polar surface area (TPSA) is 40.1 Å². The smallest absolute Gasteiger partial charge is 0.193 e. The van der Waals surface area contributed by atoms with Crippen LogP contribution in [0.3, 0.4) is 0 Å². The Bertz CT molecular complexity index is 614. The Balaban J connectivity index is 0.00000300. The van der Waals surface area contributed by atoms with Gasteiger partial charge in [-0.3, -0.25) is 9.89 Å². The number of ether oxygens (including phenoxy) is 1. The van der Waals surface area contributed by atoms with Gasteiger partial charge in [-0.1, -0.05) is 19.1 Å². The molecule has 6 heteroatoms. The van der Waals surface area contributed by atoms with Gasteiger partial charge in [0.05, 0.1) is 7.11 Å². The number of likely N-dealkylation sites (tertiary alicyclic amines) is 2. The fraction of sp³-hybridized carbons (Fsp3) is 0.696. The standard InChI is InChI=1S/C23H38N4O.HI/c1-4-24-23(27-13-5-6-19(2)17-27)25-16-20-11-14-26(15-12-20)18-21-7-9-22(28-3)10-8-21;/h7-10,19-20H,4-6,11-18H2,1-3H3,(H,24,25);1H. The minimum atomic E-state index is 0. The van der Waals surface area contributed by atoms with Gasteiger partial charge in [0.1, 0.15) is 5.75 Å². The SMILES string of the molecule is CCNC(=NCC1CCN(Cc2ccc(OC)cc2)CC1)N1CCCC(C)C1.I. The van der Waals surface area contributed by atoms with E-state index in [1.165, 1.54) is 44.3 Å². The maximum atomic E-state index is 5.25. The first-order chi connectivity index (χ1) is 13.7. The number of rotatable bonds is 6. The van der Waals surface area contributed by atoms with Crippen LogP contribution >= 0.6 is 24.0 Å². The minimum absolute atomic E-state index is 0. The average molecular weight is 514 g/mol. The molecule has 1 unspecified atom stereocenters. The van der Waals surface area contributed by atoms with Crippen LogP contribution in [-0.4, -0.2) is 62.1 Å². The molecule has 164 valence electrons. The van der Waals surface area contributed by atoms with Gasteiger partial charge in [-0.2, -0.15) is 0 Å². The van der Waals surface area contributed by atoms with Crippen molar-refractivity contribution in [3.63, 3.8) is 0 Å². The predicted octanol–water partition coefficient (Wildman–Crippen LogP) is 4.22. The molecule has 5 nitrogen and oxygen atoms in total. The normalized spacial score (nSPS) is 21.6. The van der Waals surface area contributed by atoms with Crippen molar-refractivity contribution in [3.05, 3.63) is 29.8 Å². The summed E-state index contributed by atoms with van der Waals surface area (Å²) >= 11 is 0. The molecule has 0 saturated carbocycles. The van der Waals surface area contributed by atoms with Gasteiger partial charge >= 0.3 is 0 Å². The van der Waals surface area contributed by atoms with Crippen molar-refractivity contribution in [2.45, 2.75) is 46.1 Å². The Kier molecular flexibility index (Phi) is 10.6. The van der Waals surface area contributed by atoms with E-state index in [2.05, 4.69) is 53.2 Å². The molecule has 2 saturated heterocycles. The van der Waals surface area contributed by atoms with E-state index in [1.807, 2.05) is 0 Å². The summed E-state index contributed by atoms with van der Waals surface area (Å²) in [7, 11) is 1.72. The molecule has 2 aliphatic rings. The summed E-state index contributed by atoms with van der Waals surface area (Å²) in [5.74, 6) is 3.55. The van der Waals surface area contributed by atoms with E-state index in [-0.39, 0.29) is 24.0 Å².